The van der Waals surface area contributed by atoms with Crippen molar-refractivity contribution in [2.75, 3.05) is 19.7 Å². The van der Waals surface area contributed by atoms with Crippen LogP contribution in [-0.2, 0) is 14.3 Å². The molecule has 1 heterocycles. The molecule has 1 saturated heterocycles. The molecule has 2 fully saturated rings. The summed E-state index contributed by atoms with van der Waals surface area (Å²) in [5, 5.41) is 11.9. The van der Waals surface area contributed by atoms with Crippen molar-refractivity contribution < 1.29 is 24.2 Å². The van der Waals surface area contributed by atoms with Crippen molar-refractivity contribution in [2.45, 2.75) is 56.9 Å². The van der Waals surface area contributed by atoms with Crippen molar-refractivity contribution >= 4 is 18.0 Å². The minimum Gasteiger partial charge on any atom is -0.481 e. The van der Waals surface area contributed by atoms with Gasteiger partial charge in [0.1, 0.15) is 12.6 Å². The number of carbonyl (C=O) groups is 3. The zero-order chi connectivity index (χ0) is 24.4. The number of alkyl carbamates (subject to hydrolysis) is 1. The molecule has 5 rings (SSSR count). The molecular weight excluding hydrogens is 444 g/mol. The molecule has 7 nitrogen and oxygen atoms in total. The first-order chi connectivity index (χ1) is 17.0. The van der Waals surface area contributed by atoms with Crippen molar-refractivity contribution in [1.82, 2.24) is 10.2 Å². The van der Waals surface area contributed by atoms with Gasteiger partial charge < -0.3 is 20.1 Å². The number of ether oxygens (including phenoxy) is 1. The van der Waals surface area contributed by atoms with Crippen LogP contribution >= 0.6 is 0 Å². The zero-order valence-electron chi connectivity index (χ0n) is 19.9. The average Bonchev–Trinajstić information content (AvgIpc) is 3.61. The highest BCUT2D eigenvalue weighted by molar-refractivity contribution is 5.86. The molecule has 35 heavy (non-hydrogen) atoms. The highest BCUT2D eigenvalue weighted by atomic mass is 16.5. The summed E-state index contributed by atoms with van der Waals surface area (Å²) in [7, 11) is 0. The van der Waals surface area contributed by atoms with Gasteiger partial charge in [-0.1, -0.05) is 48.5 Å². The fourth-order valence-electron chi connectivity index (χ4n) is 5.68. The summed E-state index contributed by atoms with van der Waals surface area (Å²) in [5.41, 5.74) is 4.91. The number of carbonyl (C=O) groups excluding carboxylic acids is 2. The summed E-state index contributed by atoms with van der Waals surface area (Å²) in [6.07, 6.45) is 4.68. The first kappa shape index (κ1) is 23.4. The van der Waals surface area contributed by atoms with Gasteiger partial charge in [-0.05, 0) is 66.2 Å². The van der Waals surface area contributed by atoms with Gasteiger partial charge in [0.25, 0.3) is 0 Å². The number of fused-ring (bicyclic) bond motifs is 3. The lowest BCUT2D eigenvalue weighted by atomic mass is 9.98. The largest absolute Gasteiger partial charge is 0.481 e. The molecule has 2 amide bonds. The van der Waals surface area contributed by atoms with Crippen LogP contribution in [0.25, 0.3) is 11.1 Å². The van der Waals surface area contributed by atoms with Crippen LogP contribution < -0.4 is 5.32 Å². The molecule has 1 saturated carbocycles. The summed E-state index contributed by atoms with van der Waals surface area (Å²) < 4.78 is 5.61. The molecule has 3 aliphatic rings. The van der Waals surface area contributed by atoms with Gasteiger partial charge >= 0.3 is 12.1 Å². The van der Waals surface area contributed by atoms with Crippen LogP contribution in [0, 0.1) is 5.41 Å². The van der Waals surface area contributed by atoms with Crippen molar-refractivity contribution in [3.8, 4) is 11.1 Å². The number of likely N-dealkylation sites (tertiary alicyclic amines) is 1. The number of aliphatic carboxylic acids is 1. The summed E-state index contributed by atoms with van der Waals surface area (Å²) in [6, 6.07) is 15.3. The van der Waals surface area contributed by atoms with E-state index in [1.807, 2.05) is 36.4 Å². The molecule has 7 heteroatoms. The third-order valence-corrected chi connectivity index (χ3v) is 7.90. The number of hydrogen-bond donors (Lipinski definition) is 2. The average molecular weight is 477 g/mol. The molecule has 2 N–H and O–H groups in total. The van der Waals surface area contributed by atoms with Gasteiger partial charge in [0.05, 0.1) is 0 Å². The second-order valence-electron chi connectivity index (χ2n) is 10.1. The maximum absolute atomic E-state index is 13.3. The van der Waals surface area contributed by atoms with Crippen LogP contribution in [0.5, 0.6) is 0 Å². The molecule has 1 spiro atoms. The van der Waals surface area contributed by atoms with E-state index in [0.29, 0.717) is 18.5 Å². The molecule has 0 aromatic heterocycles. The van der Waals surface area contributed by atoms with E-state index in [9.17, 15) is 19.5 Å². The summed E-state index contributed by atoms with van der Waals surface area (Å²) >= 11 is 0. The summed E-state index contributed by atoms with van der Waals surface area (Å²) in [4.78, 5) is 39.1. The van der Waals surface area contributed by atoms with Crippen LogP contribution in [0.15, 0.2) is 48.5 Å². The Kier molecular flexibility index (Phi) is 6.50. The third-order valence-electron chi connectivity index (χ3n) is 7.90. The highest BCUT2D eigenvalue weighted by Crippen LogP contribution is 2.53. The molecule has 1 aliphatic heterocycles. The van der Waals surface area contributed by atoms with Crippen molar-refractivity contribution in [3.05, 3.63) is 59.7 Å². The Morgan fingerprint density at radius 2 is 1.63 bits per heavy atom. The number of hydrogen-bond acceptors (Lipinski definition) is 4. The Labute approximate surface area is 205 Å². The van der Waals surface area contributed by atoms with E-state index in [0.717, 1.165) is 41.5 Å². The number of amides is 2. The number of carboxylic acid groups (broad SMARTS) is 1. The zero-order valence-corrected chi connectivity index (χ0v) is 19.9. The van der Waals surface area contributed by atoms with Gasteiger partial charge in [-0.2, -0.15) is 0 Å². The Morgan fingerprint density at radius 3 is 2.26 bits per heavy atom. The van der Waals surface area contributed by atoms with Crippen molar-refractivity contribution in [1.29, 1.82) is 0 Å². The summed E-state index contributed by atoms with van der Waals surface area (Å²) in [6.45, 7) is 1.46. The second-order valence-corrected chi connectivity index (χ2v) is 10.1. The number of nitrogens with one attached hydrogen (secondary N) is 1. The molecule has 2 aliphatic carbocycles. The number of carboxylic acids is 1. The molecule has 184 valence electrons. The highest BCUT2D eigenvalue weighted by Gasteiger charge is 2.44. The monoisotopic (exact) mass is 476 g/mol. The minimum atomic E-state index is -0.995. The molecule has 0 bridgehead atoms. The lowest BCUT2D eigenvalue weighted by molar-refractivity contribution is -0.138. The SMILES string of the molecule is O=C(O)CCC(NC(=O)OCC1c2ccccc2-c2ccccc21)C(=O)N1CCCC2(CC1)CC2. The number of benzene rings is 2. The van der Waals surface area contributed by atoms with Crippen LogP contribution in [-0.4, -0.2) is 53.7 Å². The van der Waals surface area contributed by atoms with Crippen LogP contribution in [0.3, 0.4) is 0 Å². The Bertz CT molecular complexity index is 1080. The fraction of sp³-hybridized carbons (Fsp3) is 0.464. The van der Waals surface area contributed by atoms with Gasteiger partial charge in [-0.25, -0.2) is 4.79 Å². The van der Waals surface area contributed by atoms with Gasteiger partial charge in [-0.3, -0.25) is 9.59 Å². The summed E-state index contributed by atoms with van der Waals surface area (Å²) in [5.74, 6) is -1.29. The molecule has 1 atom stereocenters. The lowest BCUT2D eigenvalue weighted by Gasteiger charge is -2.27. The van der Waals surface area contributed by atoms with Gasteiger partial charge in [0.15, 0.2) is 0 Å². The van der Waals surface area contributed by atoms with Crippen LogP contribution in [0.1, 0.15) is 62.0 Å². The van der Waals surface area contributed by atoms with E-state index >= 15 is 0 Å². The van der Waals surface area contributed by atoms with E-state index in [-0.39, 0.29) is 31.3 Å². The first-order valence-corrected chi connectivity index (χ1v) is 12.6. The second kappa shape index (κ2) is 9.72. The van der Waals surface area contributed by atoms with Crippen LogP contribution in [0.2, 0.25) is 0 Å². The quantitative estimate of drug-likeness (QED) is 0.611. The predicted octanol–water partition coefficient (Wildman–Crippen LogP) is 4.55. The van der Waals surface area contributed by atoms with E-state index in [4.69, 9.17) is 4.74 Å². The Balaban J connectivity index is 1.24. The molecule has 2 aromatic rings. The maximum Gasteiger partial charge on any atom is 0.407 e. The van der Waals surface area contributed by atoms with E-state index < -0.39 is 18.1 Å². The van der Waals surface area contributed by atoms with Crippen molar-refractivity contribution in [3.63, 3.8) is 0 Å². The van der Waals surface area contributed by atoms with Crippen molar-refractivity contribution in [2.24, 2.45) is 5.41 Å². The predicted molar refractivity (Wildman–Crippen MR) is 131 cm³/mol. The van der Waals surface area contributed by atoms with E-state index in [1.54, 1.807) is 4.90 Å². The third kappa shape index (κ3) is 5.04. The topological polar surface area (TPSA) is 95.9 Å². The first-order valence-electron chi connectivity index (χ1n) is 12.6. The van der Waals surface area contributed by atoms with Gasteiger partial charge in [0, 0.05) is 25.4 Å². The van der Waals surface area contributed by atoms with Gasteiger partial charge in [-0.15, -0.1) is 0 Å². The van der Waals surface area contributed by atoms with E-state index in [2.05, 4.69) is 17.4 Å². The lowest BCUT2D eigenvalue weighted by Crippen LogP contribution is -2.49. The molecule has 0 radical (unpaired) electrons. The molecular formula is C28H32N2O5. The Morgan fingerprint density at radius 1 is 0.971 bits per heavy atom. The number of rotatable bonds is 7. The molecule has 1 unspecified atom stereocenters. The molecule has 2 aromatic carbocycles. The van der Waals surface area contributed by atoms with Gasteiger partial charge in [0.2, 0.25) is 5.91 Å². The normalized spacial score (nSPS) is 18.8. The fourth-order valence-corrected chi connectivity index (χ4v) is 5.68. The standard InChI is InChI=1S/C28H32N2O5/c31-25(32)11-10-24(26(33)30-16-5-12-28(13-14-28)15-17-30)29-27(34)35-18-23-21-8-3-1-6-19(21)20-7-2-4-9-22(20)23/h1-4,6-9,23-24H,5,10-18H2,(H,29,34)(H,31,32). The number of nitrogens with zero attached hydrogens (tertiary/aromatic N) is 1. The smallest absolute Gasteiger partial charge is 0.407 e. The minimum absolute atomic E-state index is 0.0417. The van der Waals surface area contributed by atoms with Crippen LogP contribution in [0.4, 0.5) is 4.79 Å². The van der Waals surface area contributed by atoms with E-state index in [1.165, 1.54) is 12.8 Å². The maximum atomic E-state index is 13.3. The Hall–Kier alpha value is -3.35.